The molecule has 0 bridgehead atoms. The van der Waals surface area contributed by atoms with Crippen LogP contribution < -0.4 is 16.6 Å². The first-order valence-electron chi connectivity index (χ1n) is 17.2. The van der Waals surface area contributed by atoms with Crippen LogP contribution in [-0.2, 0) is 13.1 Å². The maximum atomic E-state index is 14.6. The van der Waals surface area contributed by atoms with E-state index in [-0.39, 0.29) is 34.7 Å². The highest BCUT2D eigenvalue weighted by Gasteiger charge is 2.28. The molecular weight excluding hydrogens is 656 g/mol. The number of aliphatic hydroxyl groups excluding tert-OH is 1. The first-order valence-corrected chi connectivity index (χ1v) is 17.2. The first-order chi connectivity index (χ1) is 24.7. The number of β-amino-alcohol motifs (C(OH)–C–C–N with tert-alkyl or cyclic N) is 1. The number of benzene rings is 2. The van der Waals surface area contributed by atoms with Crippen LogP contribution in [0.4, 0.5) is 8.78 Å². The van der Waals surface area contributed by atoms with Crippen LogP contribution in [-0.4, -0.2) is 63.9 Å². The molecule has 2 aromatic carbocycles. The summed E-state index contributed by atoms with van der Waals surface area (Å²) in [6, 6.07) is 16.3. The average molecular weight is 694 g/mol. The van der Waals surface area contributed by atoms with Gasteiger partial charge < -0.3 is 19.9 Å². The largest absolute Gasteiger partial charge is 0.508 e. The molecule has 1 atom stereocenters. The Kier molecular flexibility index (Phi) is 8.70. The van der Waals surface area contributed by atoms with Crippen molar-refractivity contribution in [2.75, 3.05) is 13.1 Å². The number of likely N-dealkylation sites (tertiary alicyclic amines) is 1. The van der Waals surface area contributed by atoms with Crippen molar-refractivity contribution in [3.05, 3.63) is 123 Å². The quantitative estimate of drug-likeness (QED) is 0.210. The molecule has 51 heavy (non-hydrogen) atoms. The Morgan fingerprint density at radius 2 is 1.76 bits per heavy atom. The van der Waals surface area contributed by atoms with Gasteiger partial charge in [0.25, 0.3) is 5.56 Å². The van der Waals surface area contributed by atoms with Gasteiger partial charge in [-0.25, -0.2) is 28.1 Å². The Hall–Kier alpha value is -5.24. The lowest BCUT2D eigenvalue weighted by Gasteiger charge is -2.30. The number of phenols is 1. The Morgan fingerprint density at radius 3 is 2.57 bits per heavy atom. The molecule has 0 spiro atoms. The summed E-state index contributed by atoms with van der Waals surface area (Å²) in [5.74, 6) is -0.885. The summed E-state index contributed by atoms with van der Waals surface area (Å²) in [6.07, 6.45) is 6.99. The fourth-order valence-corrected chi connectivity index (χ4v) is 7.63. The molecule has 1 saturated heterocycles. The second kappa shape index (κ2) is 13.5. The van der Waals surface area contributed by atoms with Gasteiger partial charge in [0, 0.05) is 50.7 Å². The Balaban J connectivity index is 1.09. The Morgan fingerprint density at radius 1 is 0.922 bits per heavy atom. The van der Waals surface area contributed by atoms with E-state index < -0.39 is 23.1 Å². The number of hydrogen-bond donors (Lipinski definition) is 3. The number of aromatic hydroxyl groups is 1. The van der Waals surface area contributed by atoms with Crippen molar-refractivity contribution in [2.24, 2.45) is 0 Å². The van der Waals surface area contributed by atoms with Crippen LogP contribution in [0.3, 0.4) is 0 Å². The Labute approximate surface area is 291 Å². The van der Waals surface area contributed by atoms with Gasteiger partial charge in [0.2, 0.25) is 0 Å². The number of aromatic nitrogens is 5. The number of nitrogens with one attached hydrogen (secondary N) is 1. The van der Waals surface area contributed by atoms with E-state index in [1.807, 2.05) is 24.3 Å². The van der Waals surface area contributed by atoms with Gasteiger partial charge in [-0.05, 0) is 91.3 Å². The third-order valence-corrected chi connectivity index (χ3v) is 10.1. The number of nitrogens with zero attached hydrogens (tertiary/aromatic N) is 6. The van der Waals surface area contributed by atoms with Gasteiger partial charge in [0.05, 0.1) is 29.1 Å². The molecular formula is C38H37F2N7O4. The predicted molar refractivity (Wildman–Crippen MR) is 188 cm³/mol. The zero-order valence-corrected chi connectivity index (χ0v) is 27.8. The fourth-order valence-electron chi connectivity index (χ4n) is 7.63. The lowest BCUT2D eigenvalue weighted by molar-refractivity contribution is 0.175. The molecule has 11 nitrogen and oxygen atoms in total. The molecule has 3 N–H and O–H groups in total. The van der Waals surface area contributed by atoms with Gasteiger partial charge in [-0.2, -0.15) is 0 Å². The van der Waals surface area contributed by atoms with Gasteiger partial charge in [-0.3, -0.25) is 14.3 Å². The molecule has 1 aliphatic carbocycles. The summed E-state index contributed by atoms with van der Waals surface area (Å²) >= 11 is 0. The van der Waals surface area contributed by atoms with Crippen LogP contribution in [0.1, 0.15) is 49.4 Å². The normalized spacial score (nSPS) is 19.7. The van der Waals surface area contributed by atoms with Crippen LogP contribution in [0, 0.1) is 11.6 Å². The van der Waals surface area contributed by atoms with Crippen LogP contribution in [0.25, 0.3) is 33.5 Å². The SMILES string of the molecule is O=c1c2cc(F)cnc2n(-c2cccc(-c3ccc(O)cc3CN3CC[C@@H](O)C3)c2)c(=O)n1C1CCC(NCc2cn3cc(F)ccc3n2)CC1. The first kappa shape index (κ1) is 32.9. The van der Waals surface area contributed by atoms with Crippen LogP contribution in [0.2, 0.25) is 0 Å². The summed E-state index contributed by atoms with van der Waals surface area (Å²) in [7, 11) is 0. The zero-order chi connectivity index (χ0) is 35.2. The molecule has 2 fully saturated rings. The van der Waals surface area contributed by atoms with Crippen molar-refractivity contribution in [3.8, 4) is 22.6 Å². The fraction of sp³-hybridized carbons (Fsp3) is 0.316. The molecule has 13 heteroatoms. The maximum Gasteiger partial charge on any atom is 0.337 e. The minimum Gasteiger partial charge on any atom is -0.508 e. The minimum absolute atomic E-state index is 0.0152. The average Bonchev–Trinajstić information content (AvgIpc) is 3.73. The number of hydrogen-bond acceptors (Lipinski definition) is 8. The molecule has 1 saturated carbocycles. The standard InChI is InChI=1S/C38H37F2N7O4/c39-25-4-11-35-43-28(21-45(35)20-25)18-41-27-5-7-29(8-6-27)47-37(50)34-16-26(40)17-42-36(34)46(38(47)51)30-3-1-2-23(14-30)33-10-9-31(48)15-24(33)19-44-13-12-32(49)22-44/h1-4,9-11,14-17,20-21,27,29,32,41,48-49H,5-8,12-13,18-19,22H2/t27?,29?,32-/m1/s1. The van der Waals surface area contributed by atoms with Crippen molar-refractivity contribution in [2.45, 2.75) is 63.4 Å². The van der Waals surface area contributed by atoms with Gasteiger partial charge in [0.15, 0.2) is 5.65 Å². The highest BCUT2D eigenvalue weighted by atomic mass is 19.1. The number of phenolic OH excluding ortho intramolecular Hbond substituents is 1. The predicted octanol–water partition coefficient (Wildman–Crippen LogP) is 4.69. The van der Waals surface area contributed by atoms with Gasteiger partial charge in [0.1, 0.15) is 23.0 Å². The highest BCUT2D eigenvalue weighted by Crippen LogP contribution is 2.32. The van der Waals surface area contributed by atoms with E-state index in [0.29, 0.717) is 63.1 Å². The summed E-state index contributed by atoms with van der Waals surface area (Å²) in [5.41, 5.74) is 3.35. The summed E-state index contributed by atoms with van der Waals surface area (Å²) in [6.45, 7) is 2.30. The van der Waals surface area contributed by atoms with Crippen LogP contribution >= 0.6 is 0 Å². The van der Waals surface area contributed by atoms with Gasteiger partial charge in [-0.15, -0.1) is 0 Å². The van der Waals surface area contributed by atoms with Crippen molar-refractivity contribution < 1.29 is 19.0 Å². The van der Waals surface area contributed by atoms with Crippen molar-refractivity contribution >= 4 is 16.7 Å². The lowest BCUT2D eigenvalue weighted by atomic mass is 9.91. The van der Waals surface area contributed by atoms with E-state index in [1.54, 1.807) is 34.9 Å². The monoisotopic (exact) mass is 693 g/mol. The third-order valence-electron chi connectivity index (χ3n) is 10.1. The number of fused-ring (bicyclic) bond motifs is 2. The smallest absolute Gasteiger partial charge is 0.337 e. The summed E-state index contributed by atoms with van der Waals surface area (Å²) in [4.78, 5) is 39.2. The second-order valence-corrected chi connectivity index (χ2v) is 13.6. The number of imidazole rings is 1. The zero-order valence-electron chi connectivity index (χ0n) is 27.8. The summed E-state index contributed by atoms with van der Waals surface area (Å²) in [5, 5.41) is 23.9. The van der Waals surface area contributed by atoms with E-state index in [0.717, 1.165) is 41.2 Å². The molecule has 5 heterocycles. The number of aliphatic hydroxyl groups is 1. The van der Waals surface area contributed by atoms with Crippen molar-refractivity contribution in [1.82, 2.24) is 33.7 Å². The van der Waals surface area contributed by atoms with E-state index in [4.69, 9.17) is 0 Å². The van der Waals surface area contributed by atoms with E-state index in [1.165, 1.54) is 21.4 Å². The van der Waals surface area contributed by atoms with Gasteiger partial charge in [-0.1, -0.05) is 18.2 Å². The maximum absolute atomic E-state index is 14.6. The molecule has 2 aliphatic rings. The molecule has 0 radical (unpaired) electrons. The molecule has 262 valence electrons. The minimum atomic E-state index is -0.673. The van der Waals surface area contributed by atoms with Gasteiger partial charge >= 0.3 is 5.69 Å². The molecule has 0 unspecified atom stereocenters. The molecule has 8 rings (SSSR count). The van der Waals surface area contributed by atoms with Crippen molar-refractivity contribution in [3.63, 3.8) is 0 Å². The van der Waals surface area contributed by atoms with E-state index in [2.05, 4.69) is 20.2 Å². The second-order valence-electron chi connectivity index (χ2n) is 13.6. The summed E-state index contributed by atoms with van der Waals surface area (Å²) < 4.78 is 32.5. The number of pyridine rings is 2. The molecule has 4 aromatic heterocycles. The molecule has 1 aliphatic heterocycles. The van der Waals surface area contributed by atoms with Crippen LogP contribution in [0.15, 0.2) is 88.8 Å². The Bertz CT molecular complexity index is 2380. The molecule has 6 aromatic rings. The molecule has 0 amide bonds. The van der Waals surface area contributed by atoms with Crippen LogP contribution in [0.5, 0.6) is 5.75 Å². The number of rotatable bonds is 8. The highest BCUT2D eigenvalue weighted by molar-refractivity contribution is 5.77. The number of halogens is 2. The third kappa shape index (κ3) is 6.55. The lowest BCUT2D eigenvalue weighted by Crippen LogP contribution is -2.44. The van der Waals surface area contributed by atoms with E-state index >= 15 is 0 Å². The van der Waals surface area contributed by atoms with E-state index in [9.17, 15) is 28.6 Å². The van der Waals surface area contributed by atoms with Crippen molar-refractivity contribution in [1.29, 1.82) is 0 Å². The topological polar surface area (TPSA) is 130 Å².